The summed E-state index contributed by atoms with van der Waals surface area (Å²) in [6.07, 6.45) is 3.58. The number of carbonyl (C=O) groups excluding carboxylic acids is 2. The first-order valence-electron chi connectivity index (χ1n) is 11.9. The number of hydrogen-bond donors (Lipinski definition) is 1. The van der Waals surface area contributed by atoms with Crippen LogP contribution in [-0.2, 0) is 22.4 Å². The molecule has 1 fully saturated rings. The number of amides is 2. The Kier molecular flexibility index (Phi) is 8.48. The van der Waals surface area contributed by atoms with Gasteiger partial charge in [0.05, 0.1) is 5.25 Å². The van der Waals surface area contributed by atoms with Crippen molar-refractivity contribution in [1.29, 1.82) is 5.26 Å². The largest absolute Gasteiger partial charge is 0.321 e. The summed E-state index contributed by atoms with van der Waals surface area (Å²) < 4.78 is 0. The van der Waals surface area contributed by atoms with Crippen molar-refractivity contribution in [2.45, 2.75) is 37.9 Å². The molecule has 0 aromatic heterocycles. The quantitative estimate of drug-likeness (QED) is 0.266. The van der Waals surface area contributed by atoms with Crippen molar-refractivity contribution >= 4 is 46.6 Å². The number of nitriles is 1. The highest BCUT2D eigenvalue weighted by atomic mass is 35.5. The highest BCUT2D eigenvalue weighted by molar-refractivity contribution is 8.05. The van der Waals surface area contributed by atoms with E-state index in [1.165, 1.54) is 22.2 Å². The maximum absolute atomic E-state index is 13.5. The fourth-order valence-electron chi connectivity index (χ4n) is 3.99. The number of anilines is 2. The molecule has 2 amide bonds. The van der Waals surface area contributed by atoms with Gasteiger partial charge in [-0.3, -0.25) is 14.5 Å². The van der Waals surface area contributed by atoms with Crippen LogP contribution in [0.25, 0.3) is 0 Å². The summed E-state index contributed by atoms with van der Waals surface area (Å²) in [6, 6.07) is 26.1. The zero-order chi connectivity index (χ0) is 25.5. The second-order valence-corrected chi connectivity index (χ2v) is 10.1. The molecule has 4 rings (SSSR count). The Morgan fingerprint density at radius 1 is 1.06 bits per heavy atom. The van der Waals surface area contributed by atoms with Gasteiger partial charge in [0.1, 0.15) is 16.7 Å². The molecule has 0 spiro atoms. The smallest absolute Gasteiger partial charge is 0.269 e. The average Bonchev–Trinajstić information content (AvgIpc) is 3.21. The molecule has 1 saturated heterocycles. The molecule has 0 unspecified atom stereocenters. The van der Waals surface area contributed by atoms with Crippen molar-refractivity contribution in [2.75, 3.05) is 10.2 Å². The first-order valence-corrected chi connectivity index (χ1v) is 13.1. The zero-order valence-corrected chi connectivity index (χ0v) is 21.5. The maximum Gasteiger partial charge on any atom is 0.269 e. The Morgan fingerprint density at radius 2 is 1.75 bits per heavy atom. The third-order valence-electron chi connectivity index (χ3n) is 5.91. The third-order valence-corrected chi connectivity index (χ3v) is 7.55. The van der Waals surface area contributed by atoms with E-state index in [0.29, 0.717) is 27.8 Å². The topological polar surface area (TPSA) is 73.2 Å². The molecule has 0 aliphatic carbocycles. The summed E-state index contributed by atoms with van der Waals surface area (Å²) in [5, 5.41) is 13.2. The molecule has 0 saturated carbocycles. The molecule has 0 bridgehead atoms. The van der Waals surface area contributed by atoms with E-state index in [0.717, 1.165) is 24.8 Å². The van der Waals surface area contributed by atoms with Crippen LogP contribution in [0.1, 0.15) is 30.9 Å². The average molecular weight is 516 g/mol. The number of rotatable bonds is 8. The van der Waals surface area contributed by atoms with E-state index in [4.69, 9.17) is 11.6 Å². The number of halogens is 1. The van der Waals surface area contributed by atoms with Crippen LogP contribution in [0.4, 0.5) is 11.4 Å². The maximum atomic E-state index is 13.5. The Morgan fingerprint density at radius 3 is 2.42 bits per heavy atom. The third kappa shape index (κ3) is 5.81. The van der Waals surface area contributed by atoms with Gasteiger partial charge in [-0.15, -0.1) is 0 Å². The van der Waals surface area contributed by atoms with Gasteiger partial charge in [-0.1, -0.05) is 85.2 Å². The van der Waals surface area contributed by atoms with Crippen LogP contribution < -0.4 is 10.2 Å². The Bertz CT molecular complexity index is 1320. The summed E-state index contributed by atoms with van der Waals surface area (Å²) >= 11 is 7.57. The van der Waals surface area contributed by atoms with E-state index in [2.05, 4.69) is 12.2 Å². The number of benzene rings is 3. The summed E-state index contributed by atoms with van der Waals surface area (Å²) in [6.45, 7) is 2.15. The van der Waals surface area contributed by atoms with E-state index in [1.54, 1.807) is 18.2 Å². The van der Waals surface area contributed by atoms with Gasteiger partial charge >= 0.3 is 0 Å². The van der Waals surface area contributed by atoms with Crippen LogP contribution >= 0.6 is 23.4 Å². The van der Waals surface area contributed by atoms with Crippen LogP contribution in [0.5, 0.6) is 0 Å². The standard InChI is InChI=1S/C29H26ClN3O2S/c1-2-3-9-20-14-16-22(17-15-20)32-27(34)24(19-31)29-33(23-11-5-4-6-12-23)28(35)26(36-29)18-21-10-7-8-13-25(21)30/h4-8,10-17,26H,2-3,9,18H2,1H3,(H,32,34)/b29-24+/t26-/m1/s1. The van der Waals surface area contributed by atoms with Gasteiger partial charge < -0.3 is 5.32 Å². The van der Waals surface area contributed by atoms with Gasteiger partial charge in [-0.25, -0.2) is 0 Å². The monoisotopic (exact) mass is 515 g/mol. The van der Waals surface area contributed by atoms with Crippen molar-refractivity contribution in [3.8, 4) is 6.07 Å². The lowest BCUT2D eigenvalue weighted by Crippen LogP contribution is -2.30. The first-order chi connectivity index (χ1) is 17.5. The first kappa shape index (κ1) is 25.6. The lowest BCUT2D eigenvalue weighted by atomic mass is 10.1. The molecule has 0 radical (unpaired) electrons. The van der Waals surface area contributed by atoms with Gasteiger partial charge in [0.25, 0.3) is 5.91 Å². The minimum atomic E-state index is -0.548. The molecule has 3 aromatic carbocycles. The lowest BCUT2D eigenvalue weighted by Gasteiger charge is -2.18. The molecule has 7 heteroatoms. The predicted octanol–water partition coefficient (Wildman–Crippen LogP) is 6.75. The molecule has 1 N–H and O–H groups in total. The number of hydrogen-bond acceptors (Lipinski definition) is 4. The van der Waals surface area contributed by atoms with E-state index < -0.39 is 11.2 Å². The Balaban J connectivity index is 1.64. The van der Waals surface area contributed by atoms with E-state index >= 15 is 0 Å². The van der Waals surface area contributed by atoms with Gasteiger partial charge in [0, 0.05) is 16.4 Å². The molecule has 1 aliphatic rings. The molecular formula is C29H26ClN3O2S. The molecule has 182 valence electrons. The highest BCUT2D eigenvalue weighted by Crippen LogP contribution is 2.42. The summed E-state index contributed by atoms with van der Waals surface area (Å²) in [5.74, 6) is -0.740. The fraction of sp³-hybridized carbons (Fsp3) is 0.207. The normalized spacial score (nSPS) is 16.5. The van der Waals surface area contributed by atoms with Crippen molar-refractivity contribution in [3.05, 3.63) is 106 Å². The molecule has 5 nitrogen and oxygen atoms in total. The Hall–Kier alpha value is -3.53. The van der Waals surface area contributed by atoms with Gasteiger partial charge in [-0.2, -0.15) is 5.26 Å². The van der Waals surface area contributed by atoms with Crippen LogP contribution in [0.15, 0.2) is 89.5 Å². The van der Waals surface area contributed by atoms with Crippen LogP contribution in [-0.4, -0.2) is 17.1 Å². The number of thioether (sulfide) groups is 1. The van der Waals surface area contributed by atoms with Crippen molar-refractivity contribution in [2.24, 2.45) is 0 Å². The summed E-state index contributed by atoms with van der Waals surface area (Å²) in [4.78, 5) is 28.2. The number of nitrogens with one attached hydrogen (secondary N) is 1. The van der Waals surface area contributed by atoms with Gasteiger partial charge in [0.15, 0.2) is 0 Å². The number of nitrogens with zero attached hydrogens (tertiary/aromatic N) is 2. The molecule has 1 atom stereocenters. The molecule has 36 heavy (non-hydrogen) atoms. The lowest BCUT2D eigenvalue weighted by molar-refractivity contribution is -0.117. The van der Waals surface area contributed by atoms with Crippen molar-refractivity contribution in [3.63, 3.8) is 0 Å². The minimum absolute atomic E-state index is 0.103. The number of unbranched alkanes of at least 4 members (excludes halogenated alkanes) is 1. The van der Waals surface area contributed by atoms with Crippen molar-refractivity contribution in [1.82, 2.24) is 0 Å². The molecule has 1 heterocycles. The SMILES string of the molecule is CCCCc1ccc(NC(=O)/C(C#N)=C2/S[C@H](Cc3ccccc3Cl)C(=O)N2c2ccccc2)cc1. The van der Waals surface area contributed by atoms with Crippen LogP contribution in [0.3, 0.4) is 0 Å². The van der Waals surface area contributed by atoms with Gasteiger partial charge in [-0.05, 0) is 60.7 Å². The van der Waals surface area contributed by atoms with Crippen LogP contribution in [0, 0.1) is 11.3 Å². The fourth-order valence-corrected chi connectivity index (χ4v) is 5.50. The summed E-state index contributed by atoms with van der Waals surface area (Å²) in [7, 11) is 0. The highest BCUT2D eigenvalue weighted by Gasteiger charge is 2.41. The zero-order valence-electron chi connectivity index (χ0n) is 19.9. The van der Waals surface area contributed by atoms with E-state index in [-0.39, 0.29) is 11.5 Å². The minimum Gasteiger partial charge on any atom is -0.321 e. The van der Waals surface area contributed by atoms with Gasteiger partial charge in [0.2, 0.25) is 5.91 Å². The number of para-hydroxylation sites is 1. The van der Waals surface area contributed by atoms with Crippen LogP contribution in [0.2, 0.25) is 5.02 Å². The Labute approximate surface area is 220 Å². The predicted molar refractivity (Wildman–Crippen MR) is 147 cm³/mol. The molecule has 3 aromatic rings. The molecular weight excluding hydrogens is 490 g/mol. The molecule has 1 aliphatic heterocycles. The second kappa shape index (κ2) is 11.9. The van der Waals surface area contributed by atoms with Crippen molar-refractivity contribution < 1.29 is 9.59 Å². The summed E-state index contributed by atoms with van der Waals surface area (Å²) in [5.41, 5.74) is 3.14. The van der Waals surface area contributed by atoms with E-state index in [1.807, 2.05) is 66.7 Å². The number of aryl methyl sites for hydroxylation is 1. The second-order valence-electron chi connectivity index (χ2n) is 8.46. The van der Waals surface area contributed by atoms with E-state index in [9.17, 15) is 14.9 Å². The number of carbonyl (C=O) groups is 2.